The molecule has 3 heterocycles. The average Bonchev–Trinajstić information content (AvgIpc) is 2.93. The van der Waals surface area contributed by atoms with Crippen molar-refractivity contribution in [3.05, 3.63) is 65.5 Å². The number of amides is 2. The van der Waals surface area contributed by atoms with Crippen LogP contribution in [0.1, 0.15) is 67.6 Å². The number of hydrogen-bond donors (Lipinski definition) is 0. The first-order valence-corrected chi connectivity index (χ1v) is 12.0. The van der Waals surface area contributed by atoms with Crippen LogP contribution in [0.4, 0.5) is 0 Å². The van der Waals surface area contributed by atoms with Gasteiger partial charge in [0.1, 0.15) is 5.69 Å². The molecule has 5 nitrogen and oxygen atoms in total. The molecule has 2 bridgehead atoms. The number of rotatable bonds is 3. The number of pyridine rings is 1. The molecule has 1 saturated carbocycles. The average molecular weight is 432 g/mol. The van der Waals surface area contributed by atoms with Gasteiger partial charge in [-0.2, -0.15) is 0 Å². The lowest BCUT2D eigenvalue weighted by Gasteiger charge is -2.50. The third-order valence-electron chi connectivity index (χ3n) is 8.30. The number of benzene rings is 1. The van der Waals surface area contributed by atoms with Gasteiger partial charge in [-0.3, -0.25) is 14.6 Å². The third kappa shape index (κ3) is 3.25. The van der Waals surface area contributed by atoms with Gasteiger partial charge < -0.3 is 9.80 Å². The van der Waals surface area contributed by atoms with Crippen LogP contribution in [0, 0.1) is 12.3 Å². The molecule has 5 rings (SSSR count). The van der Waals surface area contributed by atoms with Crippen molar-refractivity contribution in [3.63, 3.8) is 0 Å². The second-order valence-electron chi connectivity index (χ2n) is 10.2. The highest BCUT2D eigenvalue weighted by atomic mass is 16.2. The topological polar surface area (TPSA) is 53.5 Å². The fourth-order valence-corrected chi connectivity index (χ4v) is 6.93. The quantitative estimate of drug-likeness (QED) is 0.724. The van der Waals surface area contributed by atoms with Crippen molar-refractivity contribution < 1.29 is 9.59 Å². The minimum absolute atomic E-state index is 0.0101. The predicted molar refractivity (Wildman–Crippen MR) is 124 cm³/mol. The van der Waals surface area contributed by atoms with Gasteiger partial charge in [0.05, 0.1) is 12.1 Å². The molecule has 1 aromatic heterocycles. The molecular formula is C27H33N3O2. The Balaban J connectivity index is 1.62. The highest BCUT2D eigenvalue weighted by Crippen LogP contribution is 2.55. The molecule has 0 radical (unpaired) electrons. The summed E-state index contributed by atoms with van der Waals surface area (Å²) < 4.78 is 0. The molecular weight excluding hydrogens is 398 g/mol. The Kier molecular flexibility index (Phi) is 5.31. The van der Waals surface area contributed by atoms with Crippen molar-refractivity contribution in [2.45, 2.75) is 83.5 Å². The summed E-state index contributed by atoms with van der Waals surface area (Å²) in [4.78, 5) is 35.9. The van der Waals surface area contributed by atoms with Crippen LogP contribution in [0.3, 0.4) is 0 Å². The zero-order valence-corrected chi connectivity index (χ0v) is 19.3. The molecule has 2 amide bonds. The summed E-state index contributed by atoms with van der Waals surface area (Å²) in [5.74, 6) is 0.168. The van der Waals surface area contributed by atoms with Crippen molar-refractivity contribution in [2.24, 2.45) is 5.41 Å². The van der Waals surface area contributed by atoms with Crippen LogP contribution in [-0.2, 0) is 11.2 Å². The van der Waals surface area contributed by atoms with E-state index in [1.165, 1.54) is 5.56 Å². The molecule has 2 saturated heterocycles. The maximum Gasteiger partial charge on any atom is 0.273 e. The zero-order valence-electron chi connectivity index (χ0n) is 19.3. The highest BCUT2D eigenvalue weighted by Gasteiger charge is 2.63. The van der Waals surface area contributed by atoms with Gasteiger partial charge in [0.15, 0.2) is 0 Å². The zero-order chi connectivity index (χ0) is 22.5. The van der Waals surface area contributed by atoms with E-state index in [1.807, 2.05) is 25.1 Å². The number of carbonyl (C=O) groups excluding carboxylic acids is 2. The van der Waals surface area contributed by atoms with Crippen molar-refractivity contribution >= 4 is 11.8 Å². The fraction of sp³-hybridized carbons (Fsp3) is 0.519. The van der Waals surface area contributed by atoms with E-state index in [-0.39, 0.29) is 41.4 Å². The summed E-state index contributed by atoms with van der Waals surface area (Å²) >= 11 is 0. The van der Waals surface area contributed by atoms with Crippen molar-refractivity contribution in [1.82, 2.24) is 14.8 Å². The molecule has 5 atom stereocenters. The fourth-order valence-electron chi connectivity index (χ4n) is 6.93. The van der Waals surface area contributed by atoms with Gasteiger partial charge in [0.25, 0.3) is 5.91 Å². The van der Waals surface area contributed by atoms with Gasteiger partial charge in [-0.05, 0) is 49.8 Å². The van der Waals surface area contributed by atoms with Crippen LogP contribution in [0.15, 0.2) is 48.7 Å². The van der Waals surface area contributed by atoms with Crippen molar-refractivity contribution in [2.75, 3.05) is 0 Å². The van der Waals surface area contributed by atoms with E-state index in [1.54, 1.807) is 13.1 Å². The second kappa shape index (κ2) is 8.02. The third-order valence-corrected chi connectivity index (χ3v) is 8.30. The normalized spacial score (nSPS) is 31.3. The molecule has 168 valence electrons. The van der Waals surface area contributed by atoms with E-state index in [4.69, 9.17) is 0 Å². The number of aromatic nitrogens is 1. The smallest absolute Gasteiger partial charge is 0.273 e. The standard InChI is InChI=1S/C27H33N3O2/c1-18-10-9-15-28-25(18)26(32)30-22-17-27(3)23(13-7-8-14-24(27)30)29(19(2)31)21(22)16-20-11-5-4-6-12-20/h4-6,9-12,15,21-24H,7-8,13-14,16-17H2,1-3H3/t21-,22-,23+,24-,27+/m0/s1. The van der Waals surface area contributed by atoms with Gasteiger partial charge >= 0.3 is 0 Å². The Hall–Kier alpha value is -2.69. The summed E-state index contributed by atoms with van der Waals surface area (Å²) in [5, 5.41) is 0. The largest absolute Gasteiger partial charge is 0.334 e. The van der Waals surface area contributed by atoms with Gasteiger partial charge in [0, 0.05) is 30.6 Å². The van der Waals surface area contributed by atoms with Crippen LogP contribution >= 0.6 is 0 Å². The summed E-state index contributed by atoms with van der Waals surface area (Å²) in [7, 11) is 0. The molecule has 0 N–H and O–H groups in total. The second-order valence-corrected chi connectivity index (χ2v) is 10.2. The van der Waals surface area contributed by atoms with Gasteiger partial charge in [0.2, 0.25) is 5.91 Å². The van der Waals surface area contributed by atoms with Crippen LogP contribution in [0.25, 0.3) is 0 Å². The Morgan fingerprint density at radius 1 is 1.03 bits per heavy atom. The van der Waals surface area contributed by atoms with E-state index in [9.17, 15) is 9.59 Å². The molecule has 3 aliphatic rings. The number of nitrogens with zero attached hydrogens (tertiary/aromatic N) is 3. The minimum Gasteiger partial charge on any atom is -0.334 e. The van der Waals surface area contributed by atoms with Crippen LogP contribution in [0.5, 0.6) is 0 Å². The van der Waals surface area contributed by atoms with E-state index in [0.717, 1.165) is 44.1 Å². The van der Waals surface area contributed by atoms with Gasteiger partial charge in [-0.25, -0.2) is 0 Å². The maximum atomic E-state index is 14.0. The Morgan fingerprint density at radius 2 is 1.72 bits per heavy atom. The summed E-state index contributed by atoms with van der Waals surface area (Å²) in [6, 6.07) is 14.6. The Labute approximate surface area is 190 Å². The number of piperidine rings is 1. The van der Waals surface area contributed by atoms with Crippen LogP contribution in [0.2, 0.25) is 0 Å². The lowest BCUT2D eigenvalue weighted by atomic mass is 9.69. The number of likely N-dealkylation sites (tertiary alicyclic amines) is 2. The first-order valence-electron chi connectivity index (χ1n) is 12.0. The highest BCUT2D eigenvalue weighted by molar-refractivity contribution is 5.94. The monoisotopic (exact) mass is 431 g/mol. The SMILES string of the molecule is CC(=O)N1[C@@H](Cc2ccccc2)[C@@H]2C[C@@]3(C)[C@H](CCCC[C@@H]13)N2C(=O)c1ncccc1C. The number of carbonyl (C=O) groups is 2. The molecule has 2 aromatic rings. The molecule has 1 aliphatic carbocycles. The van der Waals surface area contributed by atoms with E-state index < -0.39 is 0 Å². The summed E-state index contributed by atoms with van der Waals surface area (Å²) in [5.41, 5.74) is 2.61. The summed E-state index contributed by atoms with van der Waals surface area (Å²) in [6.45, 7) is 6.00. The van der Waals surface area contributed by atoms with Crippen molar-refractivity contribution in [3.8, 4) is 0 Å². The minimum atomic E-state index is -0.0711. The molecule has 0 unspecified atom stereocenters. The Bertz CT molecular complexity index is 1020. The lowest BCUT2D eigenvalue weighted by Crippen LogP contribution is -2.61. The van der Waals surface area contributed by atoms with Crippen LogP contribution < -0.4 is 0 Å². The molecule has 5 heteroatoms. The van der Waals surface area contributed by atoms with Gasteiger partial charge in [-0.1, -0.05) is 56.2 Å². The summed E-state index contributed by atoms with van der Waals surface area (Å²) in [6.07, 6.45) is 7.68. The number of aryl methyl sites for hydroxylation is 1. The molecule has 32 heavy (non-hydrogen) atoms. The first-order chi connectivity index (χ1) is 15.4. The molecule has 3 fully saturated rings. The number of fused-ring (bicyclic) bond motifs is 1. The molecule has 1 aromatic carbocycles. The Morgan fingerprint density at radius 3 is 2.38 bits per heavy atom. The van der Waals surface area contributed by atoms with E-state index in [2.05, 4.69) is 46.0 Å². The molecule has 0 spiro atoms. The van der Waals surface area contributed by atoms with E-state index >= 15 is 0 Å². The van der Waals surface area contributed by atoms with Crippen molar-refractivity contribution in [1.29, 1.82) is 0 Å². The first kappa shape index (κ1) is 21.2. The number of hydrogen-bond acceptors (Lipinski definition) is 3. The van der Waals surface area contributed by atoms with E-state index in [0.29, 0.717) is 5.69 Å². The maximum absolute atomic E-state index is 14.0. The van der Waals surface area contributed by atoms with Gasteiger partial charge in [-0.15, -0.1) is 0 Å². The molecule has 2 aliphatic heterocycles. The lowest BCUT2D eigenvalue weighted by molar-refractivity contribution is -0.141. The van der Waals surface area contributed by atoms with Crippen LogP contribution in [-0.4, -0.2) is 50.8 Å². The predicted octanol–water partition coefficient (Wildman–Crippen LogP) is 4.40.